The smallest absolute Gasteiger partial charge is 0.243 e. The molecule has 0 N–H and O–H groups in total. The van der Waals surface area contributed by atoms with Crippen LogP contribution in [0.1, 0.15) is 36.4 Å². The van der Waals surface area contributed by atoms with Crippen molar-refractivity contribution in [3.05, 3.63) is 64.4 Å². The summed E-state index contributed by atoms with van der Waals surface area (Å²) in [6.45, 7) is 2.09. The number of likely N-dealkylation sites (tertiary alicyclic amines) is 1. The molecule has 0 bridgehead atoms. The molecule has 2 aromatic carbocycles. The van der Waals surface area contributed by atoms with E-state index in [1.807, 2.05) is 29.2 Å². The molecule has 3 heterocycles. The van der Waals surface area contributed by atoms with Crippen molar-refractivity contribution in [2.75, 3.05) is 20.2 Å². The first-order valence-corrected chi connectivity index (χ1v) is 10.6. The van der Waals surface area contributed by atoms with E-state index in [9.17, 15) is 9.18 Å². The molecule has 1 amide bonds. The minimum absolute atomic E-state index is 0.126. The molecule has 3 fully saturated rings. The number of halogens is 2. The van der Waals surface area contributed by atoms with Gasteiger partial charge in [0.15, 0.2) is 0 Å². The molecule has 0 saturated carbocycles. The fourth-order valence-electron chi connectivity index (χ4n) is 5.81. The highest BCUT2D eigenvalue weighted by Crippen LogP contribution is 2.57. The van der Waals surface area contributed by atoms with Gasteiger partial charge in [-0.3, -0.25) is 9.69 Å². The van der Waals surface area contributed by atoms with Gasteiger partial charge in [-0.1, -0.05) is 29.8 Å². The lowest BCUT2D eigenvalue weighted by Gasteiger charge is -2.34. The zero-order chi connectivity index (χ0) is 20.2. The molecule has 5 rings (SSSR count). The van der Waals surface area contributed by atoms with Crippen molar-refractivity contribution in [3.63, 3.8) is 0 Å². The van der Waals surface area contributed by atoms with E-state index in [4.69, 9.17) is 16.3 Å². The Morgan fingerprint density at radius 2 is 2.10 bits per heavy atom. The van der Waals surface area contributed by atoms with Crippen molar-refractivity contribution in [1.82, 2.24) is 9.80 Å². The van der Waals surface area contributed by atoms with Crippen LogP contribution < -0.4 is 4.74 Å². The summed E-state index contributed by atoms with van der Waals surface area (Å²) in [5.74, 6) is 0.899. The van der Waals surface area contributed by atoms with Gasteiger partial charge in [-0.05, 0) is 55.6 Å². The van der Waals surface area contributed by atoms with Crippen molar-refractivity contribution in [2.24, 2.45) is 5.92 Å². The second-order valence-electron chi connectivity index (χ2n) is 8.34. The number of carbonyl (C=O) groups is 1. The largest absolute Gasteiger partial charge is 0.497 e. The van der Waals surface area contributed by atoms with E-state index >= 15 is 0 Å². The first-order valence-electron chi connectivity index (χ1n) is 10.2. The van der Waals surface area contributed by atoms with Crippen molar-refractivity contribution in [3.8, 4) is 5.75 Å². The first-order chi connectivity index (χ1) is 14.0. The second-order valence-corrected chi connectivity index (χ2v) is 8.75. The fraction of sp³-hybridized carbons (Fsp3) is 0.435. The Bertz CT molecular complexity index is 947. The minimum atomic E-state index is -0.505. The molecule has 2 aromatic rings. The molecule has 0 radical (unpaired) electrons. The monoisotopic (exact) mass is 414 g/mol. The minimum Gasteiger partial charge on any atom is -0.497 e. The molecule has 3 saturated heterocycles. The normalized spacial score (nSPS) is 28.7. The van der Waals surface area contributed by atoms with Crippen LogP contribution in [-0.2, 0) is 11.3 Å². The Morgan fingerprint density at radius 3 is 2.90 bits per heavy atom. The van der Waals surface area contributed by atoms with Crippen molar-refractivity contribution < 1.29 is 13.9 Å². The number of nitrogens with zero attached hydrogens (tertiary/aromatic N) is 2. The standard InChI is InChI=1S/C23H24ClFN2O2/c1-29-17-6-2-5-15(11-17)13-26-14-16-12-20(21-18(24)7-3-8-19(21)25)27-10-4-9-23(16,27)22(26)28/h2-3,5-8,11,16,20H,4,9-10,12-14H2,1H3/t16-,20-,23-/m0/s1. The third-order valence-electron chi connectivity index (χ3n) is 6.97. The summed E-state index contributed by atoms with van der Waals surface area (Å²) < 4.78 is 20.0. The number of carbonyl (C=O) groups excluding carboxylic acids is 1. The zero-order valence-corrected chi connectivity index (χ0v) is 17.2. The first kappa shape index (κ1) is 18.9. The summed E-state index contributed by atoms with van der Waals surface area (Å²) >= 11 is 6.38. The van der Waals surface area contributed by atoms with Gasteiger partial charge in [0.25, 0.3) is 0 Å². The number of ether oxygens (including phenoxy) is 1. The van der Waals surface area contributed by atoms with Crippen LogP contribution in [0.15, 0.2) is 42.5 Å². The number of hydrogen-bond donors (Lipinski definition) is 0. The van der Waals surface area contributed by atoms with Gasteiger partial charge in [0.2, 0.25) is 5.91 Å². The van der Waals surface area contributed by atoms with Crippen LogP contribution in [0.4, 0.5) is 4.39 Å². The maximum atomic E-state index is 14.6. The number of amides is 1. The van der Waals surface area contributed by atoms with Crippen LogP contribution in [0, 0.1) is 11.7 Å². The van der Waals surface area contributed by atoms with E-state index in [1.54, 1.807) is 19.2 Å². The topological polar surface area (TPSA) is 32.8 Å². The van der Waals surface area contributed by atoms with E-state index in [0.717, 1.165) is 37.1 Å². The highest BCUT2D eigenvalue weighted by Gasteiger charge is 2.65. The molecule has 3 atom stereocenters. The van der Waals surface area contributed by atoms with Crippen LogP contribution in [0.2, 0.25) is 5.02 Å². The Hall–Kier alpha value is -2.11. The van der Waals surface area contributed by atoms with E-state index < -0.39 is 5.54 Å². The number of hydrogen-bond acceptors (Lipinski definition) is 3. The molecule has 6 heteroatoms. The molecule has 29 heavy (non-hydrogen) atoms. The van der Waals surface area contributed by atoms with E-state index in [-0.39, 0.29) is 23.7 Å². The molecular formula is C23H24ClFN2O2. The molecule has 1 spiro atoms. The summed E-state index contributed by atoms with van der Waals surface area (Å²) in [6.07, 6.45) is 2.56. The van der Waals surface area contributed by atoms with Crippen LogP contribution in [-0.4, -0.2) is 41.4 Å². The summed E-state index contributed by atoms with van der Waals surface area (Å²) in [6, 6.07) is 12.6. The Morgan fingerprint density at radius 1 is 1.28 bits per heavy atom. The Kier molecular flexibility index (Phi) is 4.56. The SMILES string of the molecule is COc1cccc(CN2C[C@@H]3C[C@@H](c4c(F)cccc4Cl)N4CCC[C@@]34C2=O)c1. The third-order valence-corrected chi connectivity index (χ3v) is 7.30. The Balaban J connectivity index is 1.44. The predicted molar refractivity (Wildman–Crippen MR) is 109 cm³/mol. The number of methoxy groups -OCH3 is 1. The molecule has 0 unspecified atom stereocenters. The molecule has 3 aliphatic heterocycles. The van der Waals surface area contributed by atoms with Gasteiger partial charge in [0.1, 0.15) is 17.1 Å². The van der Waals surface area contributed by atoms with Crippen LogP contribution in [0.5, 0.6) is 5.75 Å². The maximum absolute atomic E-state index is 14.6. The predicted octanol–water partition coefficient (Wildman–Crippen LogP) is 4.43. The van der Waals surface area contributed by atoms with E-state index in [2.05, 4.69) is 4.90 Å². The van der Waals surface area contributed by atoms with Crippen LogP contribution in [0.25, 0.3) is 0 Å². The van der Waals surface area contributed by atoms with E-state index in [1.165, 1.54) is 6.07 Å². The molecule has 4 nitrogen and oxygen atoms in total. The average Bonchev–Trinajstić information content (AvgIpc) is 3.34. The quantitative estimate of drug-likeness (QED) is 0.742. The summed E-state index contributed by atoms with van der Waals surface area (Å²) in [4.78, 5) is 17.8. The highest BCUT2D eigenvalue weighted by atomic mass is 35.5. The van der Waals surface area contributed by atoms with Gasteiger partial charge in [0.05, 0.1) is 7.11 Å². The molecule has 0 aromatic heterocycles. The number of benzene rings is 2. The lowest BCUT2D eigenvalue weighted by molar-refractivity contribution is -0.137. The lowest BCUT2D eigenvalue weighted by Crippen LogP contribution is -2.49. The molecule has 152 valence electrons. The Labute approximate surface area is 175 Å². The van der Waals surface area contributed by atoms with Gasteiger partial charge >= 0.3 is 0 Å². The number of rotatable bonds is 4. The second kappa shape index (κ2) is 6.99. The molecule has 3 aliphatic rings. The van der Waals surface area contributed by atoms with Crippen molar-refractivity contribution in [1.29, 1.82) is 0 Å². The molecular weight excluding hydrogens is 391 g/mol. The van der Waals surface area contributed by atoms with E-state index in [0.29, 0.717) is 23.7 Å². The van der Waals surface area contributed by atoms with Gasteiger partial charge in [-0.25, -0.2) is 4.39 Å². The maximum Gasteiger partial charge on any atom is 0.243 e. The zero-order valence-electron chi connectivity index (χ0n) is 16.4. The summed E-state index contributed by atoms with van der Waals surface area (Å²) in [7, 11) is 1.65. The summed E-state index contributed by atoms with van der Waals surface area (Å²) in [5.41, 5.74) is 1.11. The van der Waals surface area contributed by atoms with Crippen molar-refractivity contribution >= 4 is 17.5 Å². The summed E-state index contributed by atoms with van der Waals surface area (Å²) in [5, 5.41) is 0.456. The fourth-order valence-corrected chi connectivity index (χ4v) is 6.10. The highest BCUT2D eigenvalue weighted by molar-refractivity contribution is 6.31. The third kappa shape index (κ3) is 2.78. The van der Waals surface area contributed by atoms with Gasteiger partial charge in [0, 0.05) is 35.6 Å². The van der Waals surface area contributed by atoms with Gasteiger partial charge in [-0.2, -0.15) is 0 Å². The van der Waals surface area contributed by atoms with Crippen LogP contribution >= 0.6 is 11.6 Å². The average molecular weight is 415 g/mol. The van der Waals surface area contributed by atoms with Crippen LogP contribution in [0.3, 0.4) is 0 Å². The lowest BCUT2D eigenvalue weighted by atomic mass is 9.85. The van der Waals surface area contributed by atoms with Gasteiger partial charge in [-0.15, -0.1) is 0 Å². The van der Waals surface area contributed by atoms with Crippen molar-refractivity contribution in [2.45, 2.75) is 37.4 Å². The van der Waals surface area contributed by atoms with Gasteiger partial charge < -0.3 is 9.64 Å². The molecule has 0 aliphatic carbocycles.